The summed E-state index contributed by atoms with van der Waals surface area (Å²) in [4.78, 5) is 29.6. The van der Waals surface area contributed by atoms with E-state index in [1.54, 1.807) is 0 Å². The van der Waals surface area contributed by atoms with Gasteiger partial charge in [-0.1, -0.05) is 0 Å². The Morgan fingerprint density at radius 1 is 0.366 bits per heavy atom. The summed E-state index contributed by atoms with van der Waals surface area (Å²) in [6, 6.07) is 0. The van der Waals surface area contributed by atoms with Crippen LogP contribution in [0.2, 0.25) is 0 Å². The zero-order valence-electron chi connectivity index (χ0n) is 17.9. The van der Waals surface area contributed by atoms with Crippen molar-refractivity contribution in [1.82, 2.24) is 0 Å². The van der Waals surface area contributed by atoms with Gasteiger partial charge in [0.05, 0.1) is 0 Å². The van der Waals surface area contributed by atoms with Crippen molar-refractivity contribution in [3.63, 3.8) is 0 Å². The van der Waals surface area contributed by atoms with Crippen molar-refractivity contribution in [2.75, 3.05) is 0 Å². The van der Waals surface area contributed by atoms with E-state index in [0.29, 0.717) is 0 Å². The first kappa shape index (κ1) is 48.3. The van der Waals surface area contributed by atoms with Gasteiger partial charge in [-0.2, -0.15) is 79.0 Å². The Hall–Kier alpha value is -2.42. The molecule has 5 N–H and O–H groups in total. The number of halogens is 18. The van der Waals surface area contributed by atoms with Crippen molar-refractivity contribution in [2.24, 2.45) is 0 Å². The van der Waals surface area contributed by atoms with E-state index in [4.69, 9.17) is 15.3 Å². The molecule has 0 saturated carbocycles. The Kier molecular flexibility index (Phi) is 19.9. The minimum Gasteiger partial charge on any atom is -0.504 e. The first-order chi connectivity index (χ1) is 16.6. The van der Waals surface area contributed by atoms with E-state index in [0.717, 1.165) is 0 Å². The molecule has 0 aliphatic rings. The van der Waals surface area contributed by atoms with Crippen molar-refractivity contribution < 1.29 is 152 Å². The molecule has 0 bridgehead atoms. The number of rotatable bonds is 3. The Bertz CT molecular complexity index is 836. The quantitative estimate of drug-likeness (QED) is 0.194. The summed E-state index contributed by atoms with van der Waals surface area (Å²) in [5, 5.41) is 23.8. The van der Waals surface area contributed by atoms with Crippen molar-refractivity contribution in [1.29, 1.82) is 0 Å². The molecule has 0 rings (SSSR count). The largest absolute Gasteiger partial charge is 0.504 e. The molecule has 0 saturated heterocycles. The maximum absolute atomic E-state index is 11.4. The minimum atomic E-state index is -5.42. The van der Waals surface area contributed by atoms with E-state index in [9.17, 15) is 93.4 Å². The van der Waals surface area contributed by atoms with Crippen LogP contribution in [0.1, 0.15) is 0 Å². The normalized spacial score (nSPS) is 13.8. The number of ketones is 3. The molecular weight excluding hydrogens is 801 g/mol. The third-order valence-corrected chi connectivity index (χ3v) is 2.51. The average molecular weight is 809 g/mol. The van der Waals surface area contributed by atoms with Crippen LogP contribution >= 0.6 is 0 Å². The van der Waals surface area contributed by atoms with Gasteiger partial charge in [-0.3, -0.25) is 14.4 Å². The number of aliphatic hydroxyl groups excluding tert-OH is 3. The molecule has 0 heterocycles. The molecule has 0 aliphatic carbocycles. The zero-order valence-corrected chi connectivity index (χ0v) is 19.7. The molecule has 7 nitrogen and oxygen atoms in total. The predicted octanol–water partition coefficient (Wildman–Crippen LogP) is 5.54. The maximum atomic E-state index is 11.4. The average Bonchev–Trinajstić information content (AvgIpc) is 2.64. The standard InChI is InChI=1S/3C5H2F6O2.Er.H2O/c3*6-4(7,8)2(12)1-3(13)5(9,10)11;;/h3*1,12H;;1H2/b2-1+;2*2-1-;;. The van der Waals surface area contributed by atoms with Gasteiger partial charge in [0.1, 0.15) is 0 Å². The summed E-state index contributed by atoms with van der Waals surface area (Å²) >= 11 is 0. The van der Waals surface area contributed by atoms with Crippen LogP contribution in [0.15, 0.2) is 35.5 Å². The second-order valence-corrected chi connectivity index (χ2v) is 5.67. The van der Waals surface area contributed by atoms with Gasteiger partial charge >= 0.3 is 37.1 Å². The summed E-state index contributed by atoms with van der Waals surface area (Å²) in [6.45, 7) is 0. The van der Waals surface area contributed by atoms with Crippen LogP contribution in [0, 0.1) is 37.3 Å². The SMILES string of the molecule is O.O=C(/C=C(/O)C(F)(F)F)C(F)(F)F.O=C(/C=C(\O)C(F)(F)F)C(F)(F)F.O=C(/C=C(\O)C(F)(F)F)C(F)(F)F.[Er]. The molecule has 0 aliphatic heterocycles. The van der Waals surface area contributed by atoms with Crippen LogP contribution in [0.3, 0.4) is 0 Å². The third-order valence-electron chi connectivity index (χ3n) is 2.51. The smallest absolute Gasteiger partial charge is 0.454 e. The second kappa shape index (κ2) is 16.9. The Balaban J connectivity index is -0.000000154. The Labute approximate surface area is 241 Å². The molecule has 0 atom stereocenters. The third kappa shape index (κ3) is 22.9. The van der Waals surface area contributed by atoms with E-state index in [-0.39, 0.29) is 42.8 Å². The van der Waals surface area contributed by atoms with E-state index >= 15 is 0 Å². The number of carbonyl (C=O) groups excluding carboxylic acids is 3. The van der Waals surface area contributed by atoms with Crippen LogP contribution < -0.4 is 0 Å². The Morgan fingerprint density at radius 3 is 0.561 bits per heavy atom. The predicted molar refractivity (Wildman–Crippen MR) is 87.1 cm³/mol. The summed E-state index contributed by atoms with van der Waals surface area (Å²) in [5.74, 6) is -16.0. The molecule has 0 fully saturated rings. The summed E-state index contributed by atoms with van der Waals surface area (Å²) in [6.07, 6.45) is -35.0. The van der Waals surface area contributed by atoms with Crippen LogP contribution in [-0.4, -0.2) is 75.2 Å². The number of allylic oxidation sites excluding steroid dienone is 6. The molecule has 0 amide bonds. The molecule has 0 radical (unpaired) electrons. The molecule has 0 unspecified atom stereocenters. The van der Waals surface area contributed by atoms with Gasteiger partial charge in [-0.15, -0.1) is 0 Å². The number of hydrogen-bond donors (Lipinski definition) is 3. The first-order valence-corrected chi connectivity index (χ1v) is 7.92. The van der Waals surface area contributed by atoms with Gasteiger partial charge in [0.15, 0.2) is 0 Å². The number of aliphatic hydroxyl groups is 3. The molecule has 0 spiro atoms. The molecule has 0 aromatic heterocycles. The van der Waals surface area contributed by atoms with Crippen LogP contribution in [-0.2, 0) is 14.4 Å². The molecule has 0 aromatic carbocycles. The fourth-order valence-corrected chi connectivity index (χ4v) is 0.864. The summed E-state index contributed by atoms with van der Waals surface area (Å²) < 4.78 is 204. The first-order valence-electron chi connectivity index (χ1n) is 7.92. The van der Waals surface area contributed by atoms with E-state index < -0.39 is 89.9 Å². The van der Waals surface area contributed by atoms with Crippen LogP contribution in [0.5, 0.6) is 0 Å². The molecule has 26 heteroatoms. The number of hydrogen-bond acceptors (Lipinski definition) is 6. The van der Waals surface area contributed by atoms with Crippen LogP contribution in [0.4, 0.5) is 79.0 Å². The Morgan fingerprint density at radius 2 is 0.488 bits per heavy atom. The minimum absolute atomic E-state index is 0. The van der Waals surface area contributed by atoms with E-state index in [1.165, 1.54) is 0 Å². The van der Waals surface area contributed by atoms with Gasteiger partial charge in [0.25, 0.3) is 17.3 Å². The molecule has 0 aromatic rings. The number of carbonyl (C=O) groups is 3. The van der Waals surface area contributed by atoms with Crippen molar-refractivity contribution in [3.8, 4) is 0 Å². The molecular formula is C15H8ErF18O7. The molecule has 41 heavy (non-hydrogen) atoms. The topological polar surface area (TPSA) is 143 Å². The zero-order chi connectivity index (χ0) is 32.6. The van der Waals surface area contributed by atoms with Gasteiger partial charge in [-0.25, -0.2) is 0 Å². The van der Waals surface area contributed by atoms with Crippen LogP contribution in [0.25, 0.3) is 0 Å². The van der Waals surface area contributed by atoms with Crippen molar-refractivity contribution in [2.45, 2.75) is 37.1 Å². The van der Waals surface area contributed by atoms with Gasteiger partial charge in [-0.05, 0) is 0 Å². The summed E-state index contributed by atoms with van der Waals surface area (Å²) in [5.41, 5.74) is 0. The monoisotopic (exact) mass is 808 g/mol. The fraction of sp³-hybridized carbons (Fsp3) is 0.400. The van der Waals surface area contributed by atoms with E-state index in [2.05, 4.69) is 0 Å². The summed E-state index contributed by atoms with van der Waals surface area (Å²) in [7, 11) is 0. The maximum Gasteiger partial charge on any atom is 0.454 e. The van der Waals surface area contributed by atoms with E-state index in [1.807, 2.05) is 0 Å². The van der Waals surface area contributed by atoms with Crippen molar-refractivity contribution >= 4 is 17.3 Å². The number of alkyl halides is 18. The van der Waals surface area contributed by atoms with Crippen molar-refractivity contribution in [3.05, 3.63) is 35.5 Å². The van der Waals surface area contributed by atoms with Gasteiger partial charge in [0.2, 0.25) is 17.3 Å². The molecule has 248 valence electrons. The fourth-order valence-electron chi connectivity index (χ4n) is 0.864. The van der Waals surface area contributed by atoms with Gasteiger partial charge in [0, 0.05) is 55.5 Å². The van der Waals surface area contributed by atoms with Gasteiger partial charge < -0.3 is 20.8 Å². The second-order valence-electron chi connectivity index (χ2n) is 5.67.